The van der Waals surface area contributed by atoms with Gasteiger partial charge in [0.1, 0.15) is 6.04 Å². The van der Waals surface area contributed by atoms with Crippen LogP contribution in [-0.2, 0) is 17.8 Å². The van der Waals surface area contributed by atoms with Gasteiger partial charge in [-0.2, -0.15) is 0 Å². The summed E-state index contributed by atoms with van der Waals surface area (Å²) in [6.07, 6.45) is 4.78. The number of hydrogen-bond acceptors (Lipinski definition) is 4. The Labute approximate surface area is 124 Å². The Bertz CT molecular complexity index is 583. The summed E-state index contributed by atoms with van der Waals surface area (Å²) in [5, 5.41) is 3.17. The monoisotopic (exact) mass is 288 g/mol. The second kappa shape index (κ2) is 5.77. The quantitative estimate of drug-likeness (QED) is 0.847. The van der Waals surface area contributed by atoms with Crippen LogP contribution in [0, 0.1) is 0 Å². The van der Waals surface area contributed by atoms with Crippen molar-refractivity contribution in [3.8, 4) is 11.5 Å². The topological polar surface area (TPSA) is 50.8 Å². The van der Waals surface area contributed by atoms with Crippen LogP contribution in [0.15, 0.2) is 24.3 Å². The van der Waals surface area contributed by atoms with E-state index >= 15 is 0 Å². The van der Waals surface area contributed by atoms with Gasteiger partial charge < -0.3 is 14.4 Å². The first-order valence-electron chi connectivity index (χ1n) is 7.15. The van der Waals surface area contributed by atoms with E-state index in [1.165, 1.54) is 5.56 Å². The van der Waals surface area contributed by atoms with Gasteiger partial charge in [-0.15, -0.1) is 0 Å². The van der Waals surface area contributed by atoms with Gasteiger partial charge in [-0.3, -0.25) is 10.1 Å². The summed E-state index contributed by atoms with van der Waals surface area (Å²) in [5.41, 5.74) is 2.36. The van der Waals surface area contributed by atoms with Crippen molar-refractivity contribution in [2.75, 3.05) is 27.3 Å². The van der Waals surface area contributed by atoms with E-state index in [9.17, 15) is 4.79 Å². The van der Waals surface area contributed by atoms with Crippen molar-refractivity contribution in [3.05, 3.63) is 35.4 Å². The van der Waals surface area contributed by atoms with Crippen LogP contribution in [-0.4, -0.2) is 44.2 Å². The molecule has 1 N–H and O–H groups in total. The number of carbonyl (C=O) groups excluding carboxylic acids is 1. The van der Waals surface area contributed by atoms with Gasteiger partial charge in [-0.05, 0) is 29.7 Å². The molecular weight excluding hydrogens is 268 g/mol. The molecule has 21 heavy (non-hydrogen) atoms. The summed E-state index contributed by atoms with van der Waals surface area (Å²) in [4.78, 5) is 14.3. The zero-order valence-electron chi connectivity index (χ0n) is 12.4. The van der Waals surface area contributed by atoms with E-state index in [0.717, 1.165) is 30.8 Å². The minimum Gasteiger partial charge on any atom is -0.493 e. The SMILES string of the molecule is COc1cc2c(cc1OC)CN(C(=O)[C@@H]1C=CCN1)CC2. The minimum atomic E-state index is -0.174. The molecule has 0 bridgehead atoms. The van der Waals surface area contributed by atoms with Gasteiger partial charge in [-0.25, -0.2) is 0 Å². The first-order valence-corrected chi connectivity index (χ1v) is 7.15. The maximum atomic E-state index is 12.4. The fourth-order valence-corrected chi connectivity index (χ4v) is 2.90. The molecule has 0 saturated heterocycles. The van der Waals surface area contributed by atoms with E-state index in [0.29, 0.717) is 12.3 Å². The largest absolute Gasteiger partial charge is 0.493 e. The lowest BCUT2D eigenvalue weighted by Crippen LogP contribution is -2.45. The molecule has 0 unspecified atom stereocenters. The first-order chi connectivity index (χ1) is 10.2. The van der Waals surface area contributed by atoms with E-state index in [-0.39, 0.29) is 11.9 Å². The highest BCUT2D eigenvalue weighted by Gasteiger charge is 2.27. The Morgan fingerprint density at radius 1 is 1.24 bits per heavy atom. The van der Waals surface area contributed by atoms with E-state index in [2.05, 4.69) is 5.32 Å². The molecule has 1 atom stereocenters. The number of rotatable bonds is 3. The number of methoxy groups -OCH3 is 2. The van der Waals surface area contributed by atoms with Crippen LogP contribution in [0.4, 0.5) is 0 Å². The molecule has 2 aliphatic heterocycles. The van der Waals surface area contributed by atoms with Gasteiger partial charge in [-0.1, -0.05) is 12.2 Å². The third-order valence-corrected chi connectivity index (χ3v) is 4.08. The highest BCUT2D eigenvalue weighted by Crippen LogP contribution is 2.33. The molecule has 0 spiro atoms. The van der Waals surface area contributed by atoms with E-state index in [4.69, 9.17) is 9.47 Å². The molecule has 1 aromatic rings. The molecule has 2 heterocycles. The molecule has 5 nitrogen and oxygen atoms in total. The fraction of sp³-hybridized carbons (Fsp3) is 0.438. The van der Waals surface area contributed by atoms with Crippen LogP contribution < -0.4 is 14.8 Å². The molecule has 5 heteroatoms. The normalized spacial score (nSPS) is 20.3. The second-order valence-electron chi connectivity index (χ2n) is 5.30. The number of nitrogens with one attached hydrogen (secondary N) is 1. The maximum absolute atomic E-state index is 12.4. The van der Waals surface area contributed by atoms with E-state index in [1.54, 1.807) is 14.2 Å². The van der Waals surface area contributed by atoms with Crippen molar-refractivity contribution < 1.29 is 14.3 Å². The van der Waals surface area contributed by atoms with E-state index in [1.807, 2.05) is 29.2 Å². The van der Waals surface area contributed by atoms with Gasteiger partial charge >= 0.3 is 0 Å². The van der Waals surface area contributed by atoms with Crippen LogP contribution >= 0.6 is 0 Å². The number of carbonyl (C=O) groups is 1. The average molecular weight is 288 g/mol. The molecule has 1 amide bonds. The predicted octanol–water partition coefficient (Wildman–Crippen LogP) is 1.12. The molecule has 0 fully saturated rings. The van der Waals surface area contributed by atoms with E-state index < -0.39 is 0 Å². The Morgan fingerprint density at radius 2 is 1.95 bits per heavy atom. The molecule has 2 aliphatic rings. The number of amides is 1. The summed E-state index contributed by atoms with van der Waals surface area (Å²) in [6, 6.07) is 3.82. The second-order valence-corrected chi connectivity index (χ2v) is 5.30. The number of nitrogens with zero attached hydrogens (tertiary/aromatic N) is 1. The zero-order chi connectivity index (χ0) is 14.8. The molecule has 0 saturated carbocycles. The van der Waals surface area contributed by atoms with Gasteiger partial charge in [0.15, 0.2) is 11.5 Å². The van der Waals surface area contributed by atoms with Crippen molar-refractivity contribution in [2.24, 2.45) is 0 Å². The third-order valence-electron chi connectivity index (χ3n) is 4.08. The highest BCUT2D eigenvalue weighted by molar-refractivity contribution is 5.84. The van der Waals surface area contributed by atoms with Crippen LogP contribution in [0.5, 0.6) is 11.5 Å². The lowest BCUT2D eigenvalue weighted by atomic mass is 9.98. The minimum absolute atomic E-state index is 0.143. The van der Waals surface area contributed by atoms with Gasteiger partial charge in [0.2, 0.25) is 5.91 Å². The van der Waals surface area contributed by atoms with Gasteiger partial charge in [0, 0.05) is 19.6 Å². The van der Waals surface area contributed by atoms with Crippen molar-refractivity contribution >= 4 is 5.91 Å². The van der Waals surface area contributed by atoms with Crippen LogP contribution in [0.2, 0.25) is 0 Å². The standard InChI is InChI=1S/C16H20N2O3/c1-20-14-8-11-5-7-18(10-12(11)9-15(14)21-2)16(19)13-4-3-6-17-13/h3-4,8-9,13,17H,5-7,10H2,1-2H3/t13-/m0/s1. The summed E-state index contributed by atoms with van der Waals surface area (Å²) in [6.45, 7) is 2.14. The van der Waals surface area contributed by atoms with Crippen molar-refractivity contribution in [1.82, 2.24) is 10.2 Å². The number of ether oxygens (including phenoxy) is 2. The maximum Gasteiger partial charge on any atom is 0.244 e. The zero-order valence-corrected chi connectivity index (χ0v) is 12.4. The van der Waals surface area contributed by atoms with Crippen LogP contribution in [0.25, 0.3) is 0 Å². The average Bonchev–Trinajstić information content (AvgIpc) is 3.06. The van der Waals surface area contributed by atoms with Gasteiger partial charge in [0.25, 0.3) is 0 Å². The number of benzene rings is 1. The molecule has 0 aromatic heterocycles. The highest BCUT2D eigenvalue weighted by atomic mass is 16.5. The van der Waals surface area contributed by atoms with Crippen LogP contribution in [0.3, 0.4) is 0 Å². The van der Waals surface area contributed by atoms with Crippen LogP contribution in [0.1, 0.15) is 11.1 Å². The lowest BCUT2D eigenvalue weighted by Gasteiger charge is -2.31. The molecule has 112 valence electrons. The molecule has 0 radical (unpaired) electrons. The lowest BCUT2D eigenvalue weighted by molar-refractivity contribution is -0.133. The first kappa shape index (κ1) is 13.9. The summed E-state index contributed by atoms with van der Waals surface area (Å²) in [5.74, 6) is 1.60. The molecule has 1 aromatic carbocycles. The Hall–Kier alpha value is -2.01. The van der Waals surface area contributed by atoms with Gasteiger partial charge in [0.05, 0.1) is 14.2 Å². The summed E-state index contributed by atoms with van der Waals surface area (Å²) >= 11 is 0. The predicted molar refractivity (Wildman–Crippen MR) is 79.6 cm³/mol. The van der Waals surface area contributed by atoms with Crippen molar-refractivity contribution in [1.29, 1.82) is 0 Å². The Balaban J connectivity index is 1.81. The number of hydrogen-bond donors (Lipinski definition) is 1. The van der Waals surface area contributed by atoms with Crippen molar-refractivity contribution in [2.45, 2.75) is 19.0 Å². The molecule has 3 rings (SSSR count). The number of fused-ring (bicyclic) bond motifs is 1. The van der Waals surface area contributed by atoms with Crippen molar-refractivity contribution in [3.63, 3.8) is 0 Å². The smallest absolute Gasteiger partial charge is 0.244 e. The molecule has 0 aliphatic carbocycles. The molecular formula is C16H20N2O3. The Morgan fingerprint density at radius 3 is 2.57 bits per heavy atom. The fourth-order valence-electron chi connectivity index (χ4n) is 2.90. The third kappa shape index (κ3) is 2.61. The summed E-state index contributed by atoms with van der Waals surface area (Å²) in [7, 11) is 3.27. The Kier molecular flexibility index (Phi) is 3.84. The summed E-state index contributed by atoms with van der Waals surface area (Å²) < 4.78 is 10.7.